The molecule has 2 nitrogen and oxygen atoms in total. The van der Waals surface area contributed by atoms with Crippen molar-refractivity contribution >= 4 is 11.8 Å². The maximum atomic E-state index is 5.97. The van der Waals surface area contributed by atoms with Crippen LogP contribution in [0.5, 0.6) is 0 Å². The average Bonchev–Trinajstić information content (AvgIpc) is 2.92. The Balaban J connectivity index is 1.74. The molecule has 3 rings (SSSR count). The highest BCUT2D eigenvalue weighted by atomic mass is 32.2. The molecule has 0 bridgehead atoms. The summed E-state index contributed by atoms with van der Waals surface area (Å²) in [5.74, 6) is 7.58. The van der Waals surface area contributed by atoms with Crippen LogP contribution < -0.4 is 11.3 Å². The summed E-state index contributed by atoms with van der Waals surface area (Å²) < 4.78 is 0. The first kappa shape index (κ1) is 14.4. The minimum atomic E-state index is 0.456. The normalized spacial score (nSPS) is 31.0. The number of hydrogen-bond acceptors (Lipinski definition) is 3. The van der Waals surface area contributed by atoms with Crippen molar-refractivity contribution in [3.8, 4) is 0 Å². The number of hydrogen-bond donors (Lipinski definition) is 2. The molecule has 1 aliphatic heterocycles. The van der Waals surface area contributed by atoms with Crippen molar-refractivity contribution in [2.75, 3.05) is 0 Å². The molecular formula is C17H26N2S. The molecule has 3 N–H and O–H groups in total. The van der Waals surface area contributed by atoms with Crippen molar-refractivity contribution in [2.45, 2.75) is 61.6 Å². The summed E-state index contributed by atoms with van der Waals surface area (Å²) in [6.45, 7) is 2.34. The van der Waals surface area contributed by atoms with Crippen molar-refractivity contribution in [3.05, 3.63) is 29.8 Å². The largest absolute Gasteiger partial charge is 0.271 e. The number of rotatable bonds is 4. The van der Waals surface area contributed by atoms with Crippen LogP contribution in [-0.4, -0.2) is 11.3 Å². The SMILES string of the molecule is CCC1CCCCC1C(NN)C1Cc2ccccc2S1. The van der Waals surface area contributed by atoms with E-state index in [1.165, 1.54) is 49.0 Å². The molecule has 0 saturated heterocycles. The second-order valence-electron chi connectivity index (χ2n) is 6.28. The van der Waals surface area contributed by atoms with Gasteiger partial charge in [-0.15, -0.1) is 11.8 Å². The van der Waals surface area contributed by atoms with E-state index >= 15 is 0 Å². The first-order valence-electron chi connectivity index (χ1n) is 8.04. The van der Waals surface area contributed by atoms with Gasteiger partial charge in [-0.2, -0.15) is 0 Å². The van der Waals surface area contributed by atoms with E-state index in [-0.39, 0.29) is 0 Å². The van der Waals surface area contributed by atoms with Gasteiger partial charge in [0.25, 0.3) is 0 Å². The smallest absolute Gasteiger partial charge is 0.0366 e. The fraction of sp³-hybridized carbons (Fsp3) is 0.647. The molecule has 2 aliphatic rings. The third kappa shape index (κ3) is 2.76. The standard InChI is InChI=1S/C17H26N2S/c1-2-12-7-3-5-9-14(12)17(19-18)16-11-13-8-4-6-10-15(13)20-16/h4,6,8,10,12,14,16-17,19H,2-3,5,7,9,11,18H2,1H3. The van der Waals surface area contributed by atoms with E-state index in [4.69, 9.17) is 5.84 Å². The predicted octanol–water partition coefficient (Wildman–Crippen LogP) is 3.75. The Hall–Kier alpha value is -0.510. The average molecular weight is 290 g/mol. The molecule has 1 saturated carbocycles. The van der Waals surface area contributed by atoms with E-state index in [1.807, 2.05) is 11.8 Å². The zero-order valence-electron chi connectivity index (χ0n) is 12.3. The lowest BCUT2D eigenvalue weighted by molar-refractivity contribution is 0.173. The predicted molar refractivity (Wildman–Crippen MR) is 86.6 cm³/mol. The van der Waals surface area contributed by atoms with E-state index in [9.17, 15) is 0 Å². The summed E-state index contributed by atoms with van der Waals surface area (Å²) in [5, 5.41) is 0.606. The molecule has 110 valence electrons. The van der Waals surface area contributed by atoms with Gasteiger partial charge in [-0.05, 0) is 36.3 Å². The molecule has 20 heavy (non-hydrogen) atoms. The van der Waals surface area contributed by atoms with Gasteiger partial charge >= 0.3 is 0 Å². The molecule has 1 aromatic rings. The van der Waals surface area contributed by atoms with Crippen LogP contribution in [0.1, 0.15) is 44.6 Å². The fourth-order valence-corrected chi connectivity index (χ4v) is 5.61. The summed E-state index contributed by atoms with van der Waals surface area (Å²) in [5.41, 5.74) is 4.70. The highest BCUT2D eigenvalue weighted by Gasteiger charge is 2.37. The summed E-state index contributed by atoms with van der Waals surface area (Å²) in [6.07, 6.45) is 7.99. The molecule has 3 heteroatoms. The molecule has 0 aromatic heterocycles. The molecule has 1 aromatic carbocycles. The van der Waals surface area contributed by atoms with E-state index in [2.05, 4.69) is 36.6 Å². The Morgan fingerprint density at radius 2 is 2.10 bits per heavy atom. The van der Waals surface area contributed by atoms with E-state index < -0.39 is 0 Å². The summed E-state index contributed by atoms with van der Waals surface area (Å²) in [6, 6.07) is 9.29. The Morgan fingerprint density at radius 1 is 1.30 bits per heavy atom. The van der Waals surface area contributed by atoms with Crippen molar-refractivity contribution in [2.24, 2.45) is 17.7 Å². The van der Waals surface area contributed by atoms with Crippen LogP contribution in [0, 0.1) is 11.8 Å². The van der Waals surface area contributed by atoms with Crippen LogP contribution >= 0.6 is 11.8 Å². The fourth-order valence-electron chi connectivity index (χ4n) is 4.13. The van der Waals surface area contributed by atoms with Gasteiger partial charge in [-0.25, -0.2) is 0 Å². The molecule has 1 heterocycles. The summed E-state index contributed by atoms with van der Waals surface area (Å²) >= 11 is 2.03. The number of hydrazine groups is 1. The first-order valence-corrected chi connectivity index (χ1v) is 8.92. The molecule has 4 atom stereocenters. The van der Waals surface area contributed by atoms with Crippen molar-refractivity contribution in [1.82, 2.24) is 5.43 Å². The van der Waals surface area contributed by atoms with Crippen molar-refractivity contribution < 1.29 is 0 Å². The van der Waals surface area contributed by atoms with Crippen LogP contribution in [0.4, 0.5) is 0 Å². The van der Waals surface area contributed by atoms with Crippen LogP contribution in [0.3, 0.4) is 0 Å². The van der Waals surface area contributed by atoms with Crippen molar-refractivity contribution in [3.63, 3.8) is 0 Å². The minimum Gasteiger partial charge on any atom is -0.271 e. The third-order valence-corrected chi connectivity index (χ3v) is 6.63. The maximum Gasteiger partial charge on any atom is 0.0366 e. The van der Waals surface area contributed by atoms with Crippen LogP contribution in [-0.2, 0) is 6.42 Å². The Bertz CT molecular complexity index is 423. The topological polar surface area (TPSA) is 38.0 Å². The van der Waals surface area contributed by atoms with Gasteiger partial charge in [0.2, 0.25) is 0 Å². The second kappa shape index (κ2) is 6.50. The molecule has 4 unspecified atom stereocenters. The van der Waals surface area contributed by atoms with Gasteiger partial charge in [0.05, 0.1) is 0 Å². The van der Waals surface area contributed by atoms with Gasteiger partial charge in [0.1, 0.15) is 0 Å². The lowest BCUT2D eigenvalue weighted by Crippen LogP contribution is -2.50. The second-order valence-corrected chi connectivity index (χ2v) is 7.56. The van der Waals surface area contributed by atoms with Gasteiger partial charge in [-0.3, -0.25) is 11.3 Å². The molecule has 0 spiro atoms. The molecule has 0 amide bonds. The molecular weight excluding hydrogens is 264 g/mol. The van der Waals surface area contributed by atoms with Gasteiger partial charge in [-0.1, -0.05) is 50.8 Å². The first-order chi connectivity index (χ1) is 9.83. The quantitative estimate of drug-likeness (QED) is 0.655. The lowest BCUT2D eigenvalue weighted by atomic mass is 9.73. The Kier molecular flexibility index (Phi) is 4.69. The van der Waals surface area contributed by atoms with Crippen LogP contribution in [0.25, 0.3) is 0 Å². The Morgan fingerprint density at radius 3 is 2.85 bits per heavy atom. The molecule has 1 fully saturated rings. The van der Waals surface area contributed by atoms with Crippen LogP contribution in [0.15, 0.2) is 29.2 Å². The van der Waals surface area contributed by atoms with E-state index in [0.717, 1.165) is 11.8 Å². The highest BCUT2D eigenvalue weighted by molar-refractivity contribution is 8.00. The number of nitrogens with two attached hydrogens (primary N) is 1. The molecule has 0 radical (unpaired) electrons. The number of nitrogens with one attached hydrogen (secondary N) is 1. The highest BCUT2D eigenvalue weighted by Crippen LogP contribution is 2.43. The van der Waals surface area contributed by atoms with Gasteiger partial charge in [0, 0.05) is 16.2 Å². The third-order valence-electron chi connectivity index (χ3n) is 5.22. The monoisotopic (exact) mass is 290 g/mol. The summed E-state index contributed by atoms with van der Waals surface area (Å²) in [7, 11) is 0. The number of fused-ring (bicyclic) bond motifs is 1. The van der Waals surface area contributed by atoms with Gasteiger partial charge < -0.3 is 0 Å². The van der Waals surface area contributed by atoms with Gasteiger partial charge in [0.15, 0.2) is 0 Å². The zero-order valence-corrected chi connectivity index (χ0v) is 13.2. The number of thioether (sulfide) groups is 1. The maximum absolute atomic E-state index is 5.97. The summed E-state index contributed by atoms with van der Waals surface area (Å²) in [4.78, 5) is 1.46. The number of benzene rings is 1. The van der Waals surface area contributed by atoms with E-state index in [0.29, 0.717) is 11.3 Å². The Labute approximate surface area is 126 Å². The lowest BCUT2D eigenvalue weighted by Gasteiger charge is -2.39. The van der Waals surface area contributed by atoms with Crippen molar-refractivity contribution in [1.29, 1.82) is 0 Å². The molecule has 1 aliphatic carbocycles. The van der Waals surface area contributed by atoms with E-state index in [1.54, 1.807) is 0 Å². The zero-order chi connectivity index (χ0) is 13.9. The minimum absolute atomic E-state index is 0.456. The van der Waals surface area contributed by atoms with Crippen LogP contribution in [0.2, 0.25) is 0 Å².